The summed E-state index contributed by atoms with van der Waals surface area (Å²) in [6.07, 6.45) is 0.715. The van der Waals surface area contributed by atoms with Gasteiger partial charge in [0.05, 0.1) is 12.1 Å². The van der Waals surface area contributed by atoms with E-state index in [1.54, 1.807) is 0 Å². The second-order valence-corrected chi connectivity index (χ2v) is 3.55. The van der Waals surface area contributed by atoms with Crippen LogP contribution in [-0.2, 0) is 11.2 Å². The van der Waals surface area contributed by atoms with Crippen LogP contribution in [0.4, 0.5) is 0 Å². The number of azide groups is 1. The largest absolute Gasteiger partial charge is 0.373 e. The number of nitrogens with zero attached hydrogens (tertiary/aromatic N) is 3. The number of fused-ring (bicyclic) bond motifs is 1. The molecule has 0 saturated carbocycles. The highest BCUT2D eigenvalue weighted by Gasteiger charge is 2.31. The summed E-state index contributed by atoms with van der Waals surface area (Å²) in [5.74, 6) is 0. The van der Waals surface area contributed by atoms with E-state index < -0.39 is 0 Å². The fraction of sp³-hybridized carbons (Fsp3) is 0.455. The summed E-state index contributed by atoms with van der Waals surface area (Å²) in [4.78, 5) is 2.88. The highest BCUT2D eigenvalue weighted by molar-refractivity contribution is 5.36. The molecule has 4 nitrogen and oxygen atoms in total. The van der Waals surface area contributed by atoms with Crippen molar-refractivity contribution in [2.75, 3.05) is 6.61 Å². The molecule has 1 aromatic carbocycles. The monoisotopic (exact) mass is 203 g/mol. The van der Waals surface area contributed by atoms with Gasteiger partial charge in [-0.15, -0.1) is 0 Å². The first-order chi connectivity index (χ1) is 7.36. The summed E-state index contributed by atoms with van der Waals surface area (Å²) in [6.45, 7) is 2.59. The minimum atomic E-state index is -0.0904. The third-order valence-corrected chi connectivity index (χ3v) is 2.69. The van der Waals surface area contributed by atoms with E-state index in [9.17, 15) is 0 Å². The number of hydrogen-bond acceptors (Lipinski definition) is 2. The van der Waals surface area contributed by atoms with Crippen LogP contribution in [0.1, 0.15) is 24.2 Å². The summed E-state index contributed by atoms with van der Waals surface area (Å²) >= 11 is 0. The van der Waals surface area contributed by atoms with Crippen LogP contribution in [0.5, 0.6) is 0 Å². The van der Waals surface area contributed by atoms with E-state index in [4.69, 9.17) is 10.3 Å². The van der Waals surface area contributed by atoms with Crippen LogP contribution in [0.2, 0.25) is 0 Å². The summed E-state index contributed by atoms with van der Waals surface area (Å²) in [7, 11) is 0. The molecule has 0 amide bonds. The minimum absolute atomic E-state index is 0.0675. The van der Waals surface area contributed by atoms with Crippen molar-refractivity contribution < 1.29 is 4.74 Å². The molecule has 78 valence electrons. The van der Waals surface area contributed by atoms with Crippen molar-refractivity contribution >= 4 is 0 Å². The molecule has 0 saturated heterocycles. The highest BCUT2D eigenvalue weighted by Crippen LogP contribution is 2.35. The predicted octanol–water partition coefficient (Wildman–Crippen LogP) is 3.00. The van der Waals surface area contributed by atoms with Gasteiger partial charge in [0, 0.05) is 11.5 Å². The summed E-state index contributed by atoms with van der Waals surface area (Å²) in [6, 6.07) is 8.01. The topological polar surface area (TPSA) is 58.0 Å². The van der Waals surface area contributed by atoms with Crippen LogP contribution in [0.15, 0.2) is 29.4 Å². The van der Waals surface area contributed by atoms with Crippen molar-refractivity contribution in [3.63, 3.8) is 0 Å². The third-order valence-electron chi connectivity index (χ3n) is 2.69. The Bertz CT molecular complexity index is 399. The van der Waals surface area contributed by atoms with Gasteiger partial charge in [-0.1, -0.05) is 29.4 Å². The third kappa shape index (κ3) is 1.82. The van der Waals surface area contributed by atoms with E-state index in [0.717, 1.165) is 12.0 Å². The first-order valence-corrected chi connectivity index (χ1v) is 5.10. The van der Waals surface area contributed by atoms with E-state index in [1.807, 2.05) is 25.1 Å². The maximum Gasteiger partial charge on any atom is 0.0915 e. The van der Waals surface area contributed by atoms with Crippen LogP contribution in [-0.4, -0.2) is 12.6 Å². The zero-order chi connectivity index (χ0) is 10.7. The lowest BCUT2D eigenvalue weighted by molar-refractivity contribution is 0.0519. The lowest BCUT2D eigenvalue weighted by Gasteiger charge is -2.15. The molecular formula is C11H13N3O. The molecule has 0 unspecified atom stereocenters. The molecule has 1 aliphatic rings. The van der Waals surface area contributed by atoms with E-state index in [-0.39, 0.29) is 12.1 Å². The van der Waals surface area contributed by atoms with Crippen LogP contribution in [0, 0.1) is 0 Å². The van der Waals surface area contributed by atoms with Gasteiger partial charge < -0.3 is 4.74 Å². The molecule has 0 aromatic heterocycles. The molecular weight excluding hydrogens is 190 g/mol. The van der Waals surface area contributed by atoms with Crippen molar-refractivity contribution in [3.8, 4) is 0 Å². The van der Waals surface area contributed by atoms with E-state index >= 15 is 0 Å². The number of hydrogen-bond donors (Lipinski definition) is 0. The molecule has 0 aliphatic heterocycles. The average Bonchev–Trinajstić information content (AvgIpc) is 2.59. The fourth-order valence-electron chi connectivity index (χ4n) is 2.09. The smallest absolute Gasteiger partial charge is 0.0915 e. The molecule has 2 rings (SSSR count). The second kappa shape index (κ2) is 4.34. The van der Waals surface area contributed by atoms with Gasteiger partial charge in [-0.25, -0.2) is 0 Å². The van der Waals surface area contributed by atoms with Crippen molar-refractivity contribution in [3.05, 3.63) is 45.8 Å². The van der Waals surface area contributed by atoms with Gasteiger partial charge in [0.25, 0.3) is 0 Å². The van der Waals surface area contributed by atoms with Gasteiger partial charge in [0.1, 0.15) is 0 Å². The van der Waals surface area contributed by atoms with E-state index in [1.165, 1.54) is 5.56 Å². The van der Waals surface area contributed by atoms with Gasteiger partial charge in [0.2, 0.25) is 0 Å². The van der Waals surface area contributed by atoms with Crippen molar-refractivity contribution in [1.29, 1.82) is 0 Å². The Labute approximate surface area is 88.5 Å². The molecule has 0 N–H and O–H groups in total. The lowest BCUT2D eigenvalue weighted by Crippen LogP contribution is -2.14. The Morgan fingerprint density at radius 3 is 3.07 bits per heavy atom. The second-order valence-electron chi connectivity index (χ2n) is 3.55. The lowest BCUT2D eigenvalue weighted by atomic mass is 10.1. The molecule has 4 heteroatoms. The Balaban J connectivity index is 2.32. The van der Waals surface area contributed by atoms with E-state index in [0.29, 0.717) is 6.61 Å². The summed E-state index contributed by atoms with van der Waals surface area (Å²) in [5, 5.41) is 3.79. The average molecular weight is 203 g/mol. The fourth-order valence-corrected chi connectivity index (χ4v) is 2.09. The van der Waals surface area contributed by atoms with Gasteiger partial charge >= 0.3 is 0 Å². The maximum absolute atomic E-state index is 8.49. The highest BCUT2D eigenvalue weighted by atomic mass is 16.5. The van der Waals surface area contributed by atoms with Gasteiger partial charge in [-0.05, 0) is 30.0 Å². The SMILES string of the molecule is CCO[C@@H]1c2ccccc2C[C@H]1N=[N+]=[N-]. The number of benzene rings is 1. The Kier molecular flexibility index (Phi) is 2.90. The molecule has 1 aliphatic carbocycles. The minimum Gasteiger partial charge on any atom is -0.373 e. The maximum atomic E-state index is 8.49. The summed E-state index contributed by atoms with van der Waals surface area (Å²) < 4.78 is 5.63. The predicted molar refractivity (Wildman–Crippen MR) is 57.4 cm³/mol. The Morgan fingerprint density at radius 2 is 2.33 bits per heavy atom. The summed E-state index contributed by atoms with van der Waals surface area (Å²) in [5.41, 5.74) is 10.9. The van der Waals surface area contributed by atoms with Crippen molar-refractivity contribution in [2.45, 2.75) is 25.5 Å². The van der Waals surface area contributed by atoms with Crippen molar-refractivity contribution in [2.24, 2.45) is 5.11 Å². The van der Waals surface area contributed by atoms with Crippen LogP contribution in [0.25, 0.3) is 10.4 Å². The standard InChI is InChI=1S/C11H13N3O/c1-2-15-11-9-6-4-3-5-8(9)7-10(11)13-14-12/h3-6,10-11H,2,7H2,1H3/t10-,11-/m1/s1. The Morgan fingerprint density at radius 1 is 1.53 bits per heavy atom. The van der Waals surface area contributed by atoms with Gasteiger partial charge in [-0.2, -0.15) is 0 Å². The van der Waals surface area contributed by atoms with Crippen molar-refractivity contribution in [1.82, 2.24) is 0 Å². The molecule has 0 heterocycles. The zero-order valence-electron chi connectivity index (χ0n) is 8.63. The molecule has 15 heavy (non-hydrogen) atoms. The van der Waals surface area contributed by atoms with Crippen LogP contribution >= 0.6 is 0 Å². The zero-order valence-corrected chi connectivity index (χ0v) is 8.63. The molecule has 0 radical (unpaired) electrons. The van der Waals surface area contributed by atoms with Gasteiger partial charge in [0.15, 0.2) is 0 Å². The quantitative estimate of drug-likeness (QED) is 0.423. The molecule has 1 aromatic rings. The van der Waals surface area contributed by atoms with E-state index in [2.05, 4.69) is 16.1 Å². The molecule has 0 bridgehead atoms. The Hall–Kier alpha value is -1.51. The molecule has 0 fully saturated rings. The van der Waals surface area contributed by atoms with Crippen LogP contribution in [0.3, 0.4) is 0 Å². The first kappa shape index (κ1) is 10.0. The number of ether oxygens (including phenoxy) is 1. The molecule has 2 atom stereocenters. The molecule has 0 spiro atoms. The van der Waals surface area contributed by atoms with Gasteiger partial charge in [-0.3, -0.25) is 0 Å². The number of rotatable bonds is 3. The van der Waals surface area contributed by atoms with Crippen LogP contribution < -0.4 is 0 Å². The first-order valence-electron chi connectivity index (χ1n) is 5.10. The normalized spacial score (nSPS) is 23.3.